The molecule has 0 bridgehead atoms. The van der Waals surface area contributed by atoms with Crippen LogP contribution in [-0.4, -0.2) is 52.7 Å². The van der Waals surface area contributed by atoms with E-state index in [1.165, 1.54) is 0 Å². The van der Waals surface area contributed by atoms with Gasteiger partial charge in [-0.05, 0) is 0 Å². The van der Waals surface area contributed by atoms with Gasteiger partial charge < -0.3 is 17.6 Å². The minimum absolute atomic E-state index is 0. The Labute approximate surface area is 161 Å². The first-order chi connectivity index (χ1) is 11.4. The predicted octanol–water partition coefficient (Wildman–Crippen LogP) is 5.30. The van der Waals surface area contributed by atoms with Crippen LogP contribution in [0.2, 0.25) is 0 Å². The van der Waals surface area contributed by atoms with Crippen LogP contribution in [0.4, 0.5) is 52.7 Å². The molecule has 0 unspecified atom stereocenters. The van der Waals surface area contributed by atoms with Crippen molar-refractivity contribution in [3.8, 4) is 0 Å². The molecule has 0 saturated carbocycles. The minimum atomic E-state index is -5.63. The molecule has 0 saturated heterocycles. The number of alkyl halides is 12. The standard InChI is InChI=1S/C5H11N.2C3H2F6O.CH3.V/c1-4-5(2,3)6;2*4-2(5,6)1(10)3(7,8)9;;/h4H2,1-3H3;2*1,10H;1H3;/q;;;-1;. The fourth-order valence-electron chi connectivity index (χ4n) is 0.442. The van der Waals surface area contributed by atoms with Crippen molar-refractivity contribution in [3.05, 3.63) is 7.43 Å². The molecule has 0 aromatic heterocycles. The van der Waals surface area contributed by atoms with Gasteiger partial charge in [0.25, 0.3) is 0 Å². The molecule has 2 N–H and O–H groups in total. The number of rotatable bonds is 2. The first-order valence-corrected chi connectivity index (χ1v) is 7.05. The molecule has 0 rings (SSSR count). The Hall–Kier alpha value is -0.536. The monoisotopic (exact) mass is 487 g/mol. The van der Waals surface area contributed by atoms with E-state index in [9.17, 15) is 52.7 Å². The molecule has 0 aliphatic carbocycles. The van der Waals surface area contributed by atoms with Gasteiger partial charge >= 0.3 is 78.5 Å². The maximum absolute atomic E-state index is 11.0. The number of halogens is 12. The zero-order valence-electron chi connectivity index (χ0n) is 14.7. The summed E-state index contributed by atoms with van der Waals surface area (Å²) in [4.78, 5) is 0. The molecule has 0 spiro atoms. The Morgan fingerprint density at radius 2 is 0.857 bits per heavy atom. The summed E-state index contributed by atoms with van der Waals surface area (Å²) >= 11 is 2.26. The van der Waals surface area contributed by atoms with E-state index >= 15 is 0 Å². The smallest absolute Gasteiger partial charge is 0.377 e. The van der Waals surface area contributed by atoms with Gasteiger partial charge in [0.1, 0.15) is 0 Å². The Morgan fingerprint density at radius 1 is 0.679 bits per heavy atom. The maximum Gasteiger partial charge on any atom is 0.423 e. The van der Waals surface area contributed by atoms with Crippen LogP contribution in [0, 0.1) is 7.43 Å². The van der Waals surface area contributed by atoms with E-state index in [1.807, 2.05) is 0 Å². The van der Waals surface area contributed by atoms with Gasteiger partial charge in [0.05, 0.1) is 0 Å². The van der Waals surface area contributed by atoms with Crippen LogP contribution in [-0.2, 0) is 17.2 Å². The van der Waals surface area contributed by atoms with Gasteiger partial charge in [0.15, 0.2) is 0 Å². The molecule has 0 fully saturated rings. The van der Waals surface area contributed by atoms with Crippen LogP contribution in [0.25, 0.3) is 0 Å². The third kappa shape index (κ3) is 17.6. The Kier molecular flexibility index (Phi) is 15.3. The van der Waals surface area contributed by atoms with Gasteiger partial charge in [-0.2, -0.15) is 52.7 Å². The summed E-state index contributed by atoms with van der Waals surface area (Å²) in [6.45, 7) is 6.37. The molecule has 0 heterocycles. The topological polar surface area (TPSA) is 52.8 Å². The molecular formula is C12H18F12NO2V-. The number of hydrogen-bond acceptors (Lipinski definition) is 3. The van der Waals surface area contributed by atoms with E-state index in [4.69, 9.17) is 10.2 Å². The number of aliphatic hydroxyl groups is 2. The van der Waals surface area contributed by atoms with Crippen molar-refractivity contribution >= 4 is 0 Å². The van der Waals surface area contributed by atoms with E-state index in [1.54, 1.807) is 0 Å². The summed E-state index contributed by atoms with van der Waals surface area (Å²) in [5.74, 6) is 0. The van der Waals surface area contributed by atoms with Gasteiger partial charge in [-0.15, -0.1) is 0 Å². The summed E-state index contributed by atoms with van der Waals surface area (Å²) in [5, 5.41) is 14.9. The SMILES string of the molecule is CCC(C)(C)[N]=[V].OC(C(F)(F)F)C(F)(F)F.OC(C(F)(F)F)C(F)(F)F.[CH3-]. The number of hydrogen-bond donors (Lipinski definition) is 2. The van der Waals surface area contributed by atoms with Crippen LogP contribution >= 0.6 is 0 Å². The zero-order valence-corrected chi connectivity index (χ0v) is 16.1. The zero-order chi connectivity index (χ0) is 23.1. The number of aliphatic hydroxyl groups excluding tert-OH is 2. The normalized spacial score (nSPS) is 13.1. The average Bonchev–Trinajstić information content (AvgIpc) is 2.43. The van der Waals surface area contributed by atoms with E-state index in [-0.39, 0.29) is 13.0 Å². The molecule has 28 heavy (non-hydrogen) atoms. The molecule has 173 valence electrons. The maximum atomic E-state index is 11.0. The molecule has 0 aromatic carbocycles. The first kappa shape index (κ1) is 34.9. The Morgan fingerprint density at radius 3 is 0.857 bits per heavy atom. The van der Waals surface area contributed by atoms with Crippen molar-refractivity contribution in [2.75, 3.05) is 0 Å². The molecule has 0 atom stereocenters. The molecule has 0 aliphatic heterocycles. The Bertz CT molecular complexity index is 370. The number of nitrogens with zero attached hydrogens (tertiary/aromatic N) is 1. The molecule has 0 radical (unpaired) electrons. The molecule has 0 amide bonds. The quantitative estimate of drug-likeness (QED) is 0.411. The molecule has 0 aliphatic rings. The van der Waals surface area contributed by atoms with Crippen molar-refractivity contribution in [2.45, 2.75) is 69.6 Å². The Balaban J connectivity index is -0.000000154. The van der Waals surface area contributed by atoms with Crippen molar-refractivity contribution in [2.24, 2.45) is 3.79 Å². The second-order valence-corrected chi connectivity index (χ2v) is 5.55. The summed E-state index contributed by atoms with van der Waals surface area (Å²) in [6.07, 6.45) is -29.9. The summed E-state index contributed by atoms with van der Waals surface area (Å²) < 4.78 is 136. The van der Waals surface area contributed by atoms with Crippen LogP contribution in [0.3, 0.4) is 0 Å². The second-order valence-electron chi connectivity index (χ2n) is 5.24. The second kappa shape index (κ2) is 12.2. The van der Waals surface area contributed by atoms with Crippen molar-refractivity contribution in [1.29, 1.82) is 0 Å². The average molecular weight is 487 g/mol. The third-order valence-electron chi connectivity index (χ3n) is 2.38. The third-order valence-corrected chi connectivity index (χ3v) is 3.22. The van der Waals surface area contributed by atoms with E-state index < -0.39 is 36.9 Å². The summed E-state index contributed by atoms with van der Waals surface area (Å²) in [6, 6.07) is 0. The van der Waals surface area contributed by atoms with Crippen LogP contribution in [0.5, 0.6) is 0 Å². The summed E-state index contributed by atoms with van der Waals surface area (Å²) in [5.41, 5.74) is 0.181. The van der Waals surface area contributed by atoms with Gasteiger partial charge in [0, 0.05) is 0 Å². The van der Waals surface area contributed by atoms with E-state index in [0.29, 0.717) is 0 Å². The van der Waals surface area contributed by atoms with Crippen molar-refractivity contribution < 1.29 is 80.1 Å². The predicted molar refractivity (Wildman–Crippen MR) is 69.4 cm³/mol. The van der Waals surface area contributed by atoms with Crippen LogP contribution in [0.1, 0.15) is 27.2 Å². The first-order valence-electron chi connectivity index (χ1n) is 6.42. The summed E-state index contributed by atoms with van der Waals surface area (Å²) in [7, 11) is 0. The molecule has 16 heteroatoms. The van der Waals surface area contributed by atoms with E-state index in [2.05, 4.69) is 41.8 Å². The van der Waals surface area contributed by atoms with Crippen molar-refractivity contribution in [3.63, 3.8) is 0 Å². The van der Waals surface area contributed by atoms with Gasteiger partial charge in [-0.25, -0.2) is 0 Å². The fraction of sp³-hybridized carbons (Fsp3) is 0.917. The van der Waals surface area contributed by atoms with Crippen LogP contribution < -0.4 is 0 Å². The molecule has 3 nitrogen and oxygen atoms in total. The molecular weight excluding hydrogens is 469 g/mol. The van der Waals surface area contributed by atoms with Gasteiger partial charge in [-0.1, -0.05) is 0 Å². The minimum Gasteiger partial charge on any atom is -0.377 e. The van der Waals surface area contributed by atoms with Crippen LogP contribution in [0.15, 0.2) is 3.79 Å². The van der Waals surface area contributed by atoms with E-state index in [0.717, 1.165) is 6.42 Å². The van der Waals surface area contributed by atoms with Crippen molar-refractivity contribution in [1.82, 2.24) is 0 Å². The largest absolute Gasteiger partial charge is 0.423 e. The van der Waals surface area contributed by atoms with Gasteiger partial charge in [-0.3, -0.25) is 0 Å². The molecule has 0 aromatic rings. The fourth-order valence-corrected chi connectivity index (χ4v) is 0.663. The van der Waals surface area contributed by atoms with Gasteiger partial charge in [0.2, 0.25) is 12.2 Å².